The molecule has 1 amide bonds. The monoisotopic (exact) mass is 331 g/mol. The topological polar surface area (TPSA) is 107 Å². The molecule has 0 aliphatic heterocycles. The zero-order chi connectivity index (χ0) is 16.8. The van der Waals surface area contributed by atoms with E-state index >= 15 is 0 Å². The van der Waals surface area contributed by atoms with Gasteiger partial charge in [0, 0.05) is 12.6 Å². The van der Waals surface area contributed by atoms with Crippen molar-refractivity contribution in [3.05, 3.63) is 42.0 Å². The van der Waals surface area contributed by atoms with E-state index in [1.807, 2.05) is 18.2 Å². The molecule has 5 N–H and O–H groups in total. The number of nitrogens with zero attached hydrogens (tertiary/aromatic N) is 2. The van der Waals surface area contributed by atoms with E-state index in [9.17, 15) is 4.79 Å². The van der Waals surface area contributed by atoms with Crippen molar-refractivity contribution in [1.82, 2.24) is 15.3 Å². The molecule has 1 heterocycles. The highest BCUT2D eigenvalue weighted by Crippen LogP contribution is 2.22. The molecule has 0 radical (unpaired) electrons. The smallest absolute Gasteiger partial charge is 0.233 e. The summed E-state index contributed by atoms with van der Waals surface area (Å²) in [6.07, 6.45) is 0. The van der Waals surface area contributed by atoms with Gasteiger partial charge in [-0.3, -0.25) is 4.79 Å². The van der Waals surface area contributed by atoms with E-state index < -0.39 is 0 Å². The number of amides is 1. The van der Waals surface area contributed by atoms with Gasteiger partial charge < -0.3 is 16.8 Å². The number of hydrogen-bond donors (Lipinski definition) is 3. The van der Waals surface area contributed by atoms with Gasteiger partial charge >= 0.3 is 0 Å². The van der Waals surface area contributed by atoms with Crippen molar-refractivity contribution in [2.24, 2.45) is 0 Å². The lowest BCUT2D eigenvalue weighted by molar-refractivity contribution is -0.120. The average Bonchev–Trinajstić information content (AvgIpc) is 2.52. The molecule has 1 aromatic heterocycles. The number of nitrogens with one attached hydrogen (secondary N) is 1. The Balaban J connectivity index is 1.87. The number of hydrogen-bond acceptors (Lipinski definition) is 6. The number of carbonyl (C=O) groups excluding carboxylic acids is 1. The second-order valence-corrected chi connectivity index (χ2v) is 6.63. The highest BCUT2D eigenvalue weighted by molar-refractivity contribution is 8.00. The summed E-state index contributed by atoms with van der Waals surface area (Å²) in [5.41, 5.74) is 12.5. The lowest BCUT2D eigenvalue weighted by Gasteiger charge is -2.15. The summed E-state index contributed by atoms with van der Waals surface area (Å²) in [7, 11) is 0. The summed E-state index contributed by atoms with van der Waals surface area (Å²) in [4.78, 5) is 20.3. The van der Waals surface area contributed by atoms with E-state index in [2.05, 4.69) is 34.3 Å². The summed E-state index contributed by atoms with van der Waals surface area (Å²) in [6, 6.07) is 11.6. The van der Waals surface area contributed by atoms with Crippen molar-refractivity contribution < 1.29 is 4.79 Å². The fraction of sp³-hybridized carbons (Fsp3) is 0.312. The minimum atomic E-state index is -0.334. The summed E-state index contributed by atoms with van der Waals surface area (Å²) >= 11 is 1.23. The molecular weight excluding hydrogens is 310 g/mol. The van der Waals surface area contributed by atoms with Gasteiger partial charge in [0.25, 0.3) is 0 Å². The minimum absolute atomic E-state index is 0.0672. The van der Waals surface area contributed by atoms with Crippen LogP contribution in [0.2, 0.25) is 0 Å². The molecule has 23 heavy (non-hydrogen) atoms. The molecule has 0 aliphatic rings. The van der Waals surface area contributed by atoms with Crippen LogP contribution in [0.5, 0.6) is 0 Å². The number of nitrogens with two attached hydrogens (primary N) is 2. The Bertz CT molecular complexity index is 645. The lowest BCUT2D eigenvalue weighted by atomic mass is 10.0. The van der Waals surface area contributed by atoms with Gasteiger partial charge in [0.1, 0.15) is 11.6 Å². The Morgan fingerprint density at radius 3 is 2.39 bits per heavy atom. The van der Waals surface area contributed by atoms with Gasteiger partial charge in [-0.05, 0) is 18.4 Å². The van der Waals surface area contributed by atoms with Crippen LogP contribution in [0.4, 0.5) is 11.6 Å². The fourth-order valence-electron chi connectivity index (χ4n) is 2.02. The second kappa shape index (κ2) is 7.82. The highest BCUT2D eigenvalue weighted by atomic mass is 32.2. The molecule has 0 saturated heterocycles. The molecule has 6 nitrogen and oxygen atoms in total. The van der Waals surface area contributed by atoms with Crippen LogP contribution in [0.3, 0.4) is 0 Å². The Morgan fingerprint density at radius 2 is 1.78 bits per heavy atom. The van der Waals surface area contributed by atoms with Crippen LogP contribution in [0.25, 0.3) is 0 Å². The van der Waals surface area contributed by atoms with Gasteiger partial charge in [-0.25, -0.2) is 9.97 Å². The molecule has 2 atom stereocenters. The number of nitrogen functional groups attached to an aromatic ring is 2. The quantitative estimate of drug-likeness (QED) is 0.552. The highest BCUT2D eigenvalue weighted by Gasteiger charge is 2.17. The van der Waals surface area contributed by atoms with E-state index in [-0.39, 0.29) is 17.1 Å². The Hall–Kier alpha value is -2.28. The molecule has 2 aromatic rings. The van der Waals surface area contributed by atoms with Crippen molar-refractivity contribution >= 4 is 29.3 Å². The van der Waals surface area contributed by atoms with Gasteiger partial charge in [0.05, 0.1) is 5.25 Å². The molecule has 0 fully saturated rings. The molecule has 122 valence electrons. The van der Waals surface area contributed by atoms with Crippen molar-refractivity contribution in [2.75, 3.05) is 18.0 Å². The zero-order valence-electron chi connectivity index (χ0n) is 13.2. The van der Waals surface area contributed by atoms with Crippen LogP contribution in [0.1, 0.15) is 25.3 Å². The maximum Gasteiger partial charge on any atom is 0.233 e. The van der Waals surface area contributed by atoms with Crippen molar-refractivity contribution in [2.45, 2.75) is 30.2 Å². The van der Waals surface area contributed by atoms with E-state index in [1.54, 1.807) is 6.92 Å². The maximum absolute atomic E-state index is 12.2. The minimum Gasteiger partial charge on any atom is -0.383 e. The number of aromatic nitrogens is 2. The van der Waals surface area contributed by atoms with Crippen molar-refractivity contribution in [1.29, 1.82) is 0 Å². The standard InChI is InChI=1S/C16H21N5OS/c1-10(12-6-4-3-5-7-12)9-19-15(22)11(2)23-16-20-13(17)8-14(18)21-16/h3-8,10-11H,9H2,1-2H3,(H,19,22)(H4,17,18,20,21)/t10-,11+/m1/s1. The molecular formula is C16H21N5OS. The van der Waals surface area contributed by atoms with Crippen LogP contribution in [-0.2, 0) is 4.79 Å². The van der Waals surface area contributed by atoms with Crippen molar-refractivity contribution in [3.63, 3.8) is 0 Å². The number of anilines is 2. The average molecular weight is 331 g/mol. The molecule has 2 rings (SSSR count). The van der Waals surface area contributed by atoms with Crippen LogP contribution in [0, 0.1) is 0 Å². The Kier molecular flexibility index (Phi) is 5.81. The third kappa shape index (κ3) is 5.14. The lowest BCUT2D eigenvalue weighted by Crippen LogP contribution is -2.33. The van der Waals surface area contributed by atoms with E-state index in [0.717, 1.165) is 0 Å². The number of rotatable bonds is 6. The van der Waals surface area contributed by atoms with Gasteiger partial charge in [0.2, 0.25) is 5.91 Å². The first-order chi connectivity index (χ1) is 11.0. The molecule has 0 saturated carbocycles. The molecule has 0 unspecified atom stereocenters. The predicted molar refractivity (Wildman–Crippen MR) is 94.0 cm³/mol. The van der Waals surface area contributed by atoms with Gasteiger partial charge in [0.15, 0.2) is 5.16 Å². The van der Waals surface area contributed by atoms with Gasteiger partial charge in [-0.1, -0.05) is 49.0 Å². The SMILES string of the molecule is C[C@H](Sc1nc(N)cc(N)n1)C(=O)NC[C@@H](C)c1ccccc1. The third-order valence-corrected chi connectivity index (χ3v) is 4.31. The summed E-state index contributed by atoms with van der Waals surface area (Å²) < 4.78 is 0. The number of thioether (sulfide) groups is 1. The molecule has 0 aliphatic carbocycles. The molecule has 1 aromatic carbocycles. The summed E-state index contributed by atoms with van der Waals surface area (Å²) in [6.45, 7) is 4.46. The van der Waals surface area contributed by atoms with Crippen LogP contribution < -0.4 is 16.8 Å². The van der Waals surface area contributed by atoms with E-state index in [4.69, 9.17) is 11.5 Å². The Labute approximate surface area is 140 Å². The van der Waals surface area contributed by atoms with Crippen LogP contribution in [-0.4, -0.2) is 27.7 Å². The molecule has 0 spiro atoms. The van der Waals surface area contributed by atoms with Crippen molar-refractivity contribution in [3.8, 4) is 0 Å². The number of carbonyl (C=O) groups is 1. The summed E-state index contributed by atoms with van der Waals surface area (Å²) in [5.74, 6) is 0.773. The second-order valence-electron chi connectivity index (χ2n) is 5.32. The fourth-order valence-corrected chi connectivity index (χ4v) is 2.85. The Morgan fingerprint density at radius 1 is 1.17 bits per heavy atom. The zero-order valence-corrected chi connectivity index (χ0v) is 14.0. The largest absolute Gasteiger partial charge is 0.383 e. The van der Waals surface area contributed by atoms with E-state index in [1.165, 1.54) is 23.4 Å². The molecule has 7 heteroatoms. The van der Waals surface area contributed by atoms with E-state index in [0.29, 0.717) is 23.3 Å². The first-order valence-electron chi connectivity index (χ1n) is 7.35. The predicted octanol–water partition coefficient (Wildman–Crippen LogP) is 2.04. The third-order valence-electron chi connectivity index (χ3n) is 3.35. The normalized spacial score (nSPS) is 13.3. The van der Waals surface area contributed by atoms with Gasteiger partial charge in [-0.2, -0.15) is 0 Å². The summed E-state index contributed by atoms with van der Waals surface area (Å²) in [5, 5.41) is 3.02. The van der Waals surface area contributed by atoms with Crippen LogP contribution in [0.15, 0.2) is 41.6 Å². The maximum atomic E-state index is 12.2. The first kappa shape index (κ1) is 17.1. The number of benzene rings is 1. The van der Waals surface area contributed by atoms with Gasteiger partial charge in [-0.15, -0.1) is 0 Å². The molecule has 0 bridgehead atoms. The first-order valence-corrected chi connectivity index (χ1v) is 8.23. The van der Waals surface area contributed by atoms with Crippen LogP contribution >= 0.6 is 11.8 Å².